The number of nitro benzene ring substituents is 2. The molecule has 10 nitrogen and oxygen atoms in total. The molecule has 2 N–H and O–H groups in total. The highest BCUT2D eigenvalue weighted by Crippen LogP contribution is 2.52. The lowest BCUT2D eigenvalue weighted by atomic mass is 9.69. The summed E-state index contributed by atoms with van der Waals surface area (Å²) in [5.74, 6) is -0.961. The molecule has 0 aliphatic rings. The molecule has 5 rings (SSSR count). The number of nitrogens with zero attached hydrogens (tertiary/aromatic N) is 2. The van der Waals surface area contributed by atoms with Crippen molar-refractivity contribution >= 4 is 11.4 Å². The van der Waals surface area contributed by atoms with Crippen LogP contribution in [0, 0.1) is 20.2 Å². The van der Waals surface area contributed by atoms with Crippen LogP contribution in [0.3, 0.4) is 0 Å². The van der Waals surface area contributed by atoms with E-state index in [4.69, 9.17) is 9.47 Å². The van der Waals surface area contributed by atoms with Gasteiger partial charge >= 0.3 is 17.6 Å². The van der Waals surface area contributed by atoms with Gasteiger partial charge in [-0.2, -0.15) is 13.2 Å². The van der Waals surface area contributed by atoms with Crippen LogP contribution in [0.1, 0.15) is 16.7 Å². The van der Waals surface area contributed by atoms with Crippen LogP contribution in [0.2, 0.25) is 0 Å². The summed E-state index contributed by atoms with van der Waals surface area (Å²) < 4.78 is 57.4. The van der Waals surface area contributed by atoms with Gasteiger partial charge in [-0.05, 0) is 53.1 Å². The van der Waals surface area contributed by atoms with Crippen molar-refractivity contribution < 1.29 is 42.7 Å². The number of hydrogen-bond donors (Lipinski definition) is 2. The van der Waals surface area contributed by atoms with Crippen molar-refractivity contribution in [2.75, 3.05) is 0 Å². The van der Waals surface area contributed by atoms with Gasteiger partial charge in [0.2, 0.25) is 0 Å². The molecule has 0 heterocycles. The summed E-state index contributed by atoms with van der Waals surface area (Å²) in [7, 11) is 0. The molecule has 0 saturated heterocycles. The van der Waals surface area contributed by atoms with Gasteiger partial charge in [0.25, 0.3) is 0 Å². The number of benzene rings is 5. The number of nitro groups is 2. The third-order valence-corrected chi connectivity index (χ3v) is 6.97. The van der Waals surface area contributed by atoms with Gasteiger partial charge in [-0.15, -0.1) is 0 Å². The first-order valence-electron chi connectivity index (χ1n) is 13.0. The van der Waals surface area contributed by atoms with E-state index < -0.39 is 44.3 Å². The van der Waals surface area contributed by atoms with Crippen LogP contribution in [0.15, 0.2) is 115 Å². The predicted octanol–water partition coefficient (Wildman–Crippen LogP) is 8.40. The molecular formula is C32H21F3N2O8. The Hall–Kier alpha value is -6.11. The molecule has 0 saturated carbocycles. The standard InChI is InChI=1S/C32H21F3N2O8/c33-32(34,35)31(20-4-2-1-3-5-20,21-6-10-23(11-7-21)44-25-14-16-27(36(40)41)29(38)18-25)22-8-12-24(13-9-22)45-26-15-17-28(37(42)43)30(39)19-26/h1-19,38-39H. The second kappa shape index (κ2) is 11.9. The third-order valence-electron chi connectivity index (χ3n) is 6.97. The maximum absolute atomic E-state index is 15.4. The van der Waals surface area contributed by atoms with Crippen LogP contribution in [-0.4, -0.2) is 26.2 Å². The molecule has 5 aromatic carbocycles. The molecule has 0 aromatic heterocycles. The van der Waals surface area contributed by atoms with Crippen molar-refractivity contribution in [3.8, 4) is 34.5 Å². The number of phenolic OH excluding ortho intramolecular Hbond substituents is 2. The van der Waals surface area contributed by atoms with Gasteiger partial charge in [0.1, 0.15) is 28.4 Å². The highest BCUT2D eigenvalue weighted by molar-refractivity contribution is 5.56. The van der Waals surface area contributed by atoms with Gasteiger partial charge in [-0.1, -0.05) is 54.6 Å². The van der Waals surface area contributed by atoms with Crippen LogP contribution >= 0.6 is 0 Å². The molecule has 45 heavy (non-hydrogen) atoms. The Bertz CT molecular complexity index is 1750. The second-order valence-corrected chi connectivity index (χ2v) is 9.68. The number of hydrogen-bond acceptors (Lipinski definition) is 8. The zero-order valence-corrected chi connectivity index (χ0v) is 22.8. The number of alkyl halides is 3. The molecule has 5 aromatic rings. The highest BCUT2D eigenvalue weighted by Gasteiger charge is 2.58. The minimum atomic E-state index is -4.85. The average molecular weight is 619 g/mol. The fourth-order valence-electron chi connectivity index (χ4n) is 4.94. The molecule has 0 radical (unpaired) electrons. The smallest absolute Gasteiger partial charge is 0.406 e. The topological polar surface area (TPSA) is 145 Å². The molecule has 0 aliphatic carbocycles. The van der Waals surface area contributed by atoms with E-state index in [1.807, 2.05) is 0 Å². The zero-order valence-electron chi connectivity index (χ0n) is 22.8. The second-order valence-electron chi connectivity index (χ2n) is 9.68. The summed E-state index contributed by atoms with van der Waals surface area (Å²) in [6.07, 6.45) is -4.85. The third kappa shape index (κ3) is 5.91. The fraction of sp³-hybridized carbons (Fsp3) is 0.0625. The van der Waals surface area contributed by atoms with E-state index in [0.717, 1.165) is 24.3 Å². The van der Waals surface area contributed by atoms with Crippen molar-refractivity contribution in [2.45, 2.75) is 11.6 Å². The van der Waals surface area contributed by atoms with E-state index in [0.29, 0.717) is 0 Å². The average Bonchev–Trinajstić information content (AvgIpc) is 2.99. The summed E-state index contributed by atoms with van der Waals surface area (Å²) in [5.41, 5.74) is -4.07. The van der Waals surface area contributed by atoms with Gasteiger partial charge in [-0.25, -0.2) is 0 Å². The molecule has 0 aliphatic heterocycles. The number of aromatic hydroxyl groups is 2. The minimum absolute atomic E-state index is 0.0351. The van der Waals surface area contributed by atoms with E-state index in [-0.39, 0.29) is 39.7 Å². The zero-order chi connectivity index (χ0) is 32.4. The minimum Gasteiger partial charge on any atom is -0.502 e. The Balaban J connectivity index is 1.52. The van der Waals surface area contributed by atoms with Crippen molar-refractivity contribution in [1.29, 1.82) is 0 Å². The number of halogens is 3. The van der Waals surface area contributed by atoms with Gasteiger partial charge in [-0.3, -0.25) is 20.2 Å². The van der Waals surface area contributed by atoms with Crippen LogP contribution in [-0.2, 0) is 5.41 Å². The molecule has 0 amide bonds. The molecule has 0 spiro atoms. The Labute approximate surface area is 252 Å². The SMILES string of the molecule is O=[N+]([O-])c1ccc(Oc2ccc(C(c3ccccc3)(c3ccc(Oc4ccc([N+](=O)[O-])c(O)c4)cc3)C(F)(F)F)cc2)cc1O. The Morgan fingerprint density at radius 1 is 0.533 bits per heavy atom. The monoisotopic (exact) mass is 618 g/mol. The van der Waals surface area contributed by atoms with Crippen molar-refractivity contribution in [2.24, 2.45) is 0 Å². The molecule has 0 fully saturated rings. The molecule has 0 atom stereocenters. The molecular weight excluding hydrogens is 597 g/mol. The summed E-state index contributed by atoms with van der Waals surface area (Å²) in [5, 5.41) is 41.7. The van der Waals surface area contributed by atoms with E-state index in [1.165, 1.54) is 84.9 Å². The summed E-state index contributed by atoms with van der Waals surface area (Å²) in [4.78, 5) is 20.4. The van der Waals surface area contributed by atoms with Gasteiger partial charge in [0.15, 0.2) is 11.5 Å². The van der Waals surface area contributed by atoms with E-state index in [1.54, 1.807) is 6.07 Å². The lowest BCUT2D eigenvalue weighted by Crippen LogP contribution is -2.44. The van der Waals surface area contributed by atoms with Crippen molar-refractivity contribution in [3.05, 3.63) is 152 Å². The normalized spacial score (nSPS) is 11.5. The van der Waals surface area contributed by atoms with E-state index >= 15 is 13.2 Å². The first-order valence-corrected chi connectivity index (χ1v) is 13.0. The molecule has 0 bridgehead atoms. The fourth-order valence-corrected chi connectivity index (χ4v) is 4.94. The number of ether oxygens (including phenoxy) is 2. The predicted molar refractivity (Wildman–Crippen MR) is 155 cm³/mol. The summed E-state index contributed by atoms with van der Waals surface area (Å²) >= 11 is 0. The van der Waals surface area contributed by atoms with Crippen molar-refractivity contribution in [3.63, 3.8) is 0 Å². The molecule has 228 valence electrons. The van der Waals surface area contributed by atoms with E-state index in [9.17, 15) is 30.4 Å². The maximum atomic E-state index is 15.4. The molecule has 13 heteroatoms. The Kier molecular flexibility index (Phi) is 8.01. The van der Waals surface area contributed by atoms with Crippen molar-refractivity contribution in [1.82, 2.24) is 0 Å². The van der Waals surface area contributed by atoms with Crippen LogP contribution < -0.4 is 9.47 Å². The quantitative estimate of drug-likeness (QED) is 0.0952. The largest absolute Gasteiger partial charge is 0.502 e. The van der Waals surface area contributed by atoms with Crippen LogP contribution in [0.4, 0.5) is 24.5 Å². The number of phenols is 2. The lowest BCUT2D eigenvalue weighted by molar-refractivity contribution is -0.386. The number of rotatable bonds is 9. The highest BCUT2D eigenvalue weighted by atomic mass is 19.4. The van der Waals surface area contributed by atoms with Gasteiger partial charge in [0, 0.05) is 24.3 Å². The first kappa shape index (κ1) is 30.4. The Morgan fingerprint density at radius 2 is 0.889 bits per heavy atom. The first-order chi connectivity index (χ1) is 21.4. The molecule has 0 unspecified atom stereocenters. The van der Waals surface area contributed by atoms with Gasteiger partial charge < -0.3 is 19.7 Å². The van der Waals surface area contributed by atoms with E-state index in [2.05, 4.69) is 0 Å². The van der Waals surface area contributed by atoms with Crippen LogP contribution in [0.5, 0.6) is 34.5 Å². The summed E-state index contributed by atoms with van der Waals surface area (Å²) in [6, 6.07) is 24.2. The lowest BCUT2D eigenvalue weighted by Gasteiger charge is -2.37. The van der Waals surface area contributed by atoms with Crippen LogP contribution in [0.25, 0.3) is 0 Å². The Morgan fingerprint density at radius 3 is 1.22 bits per heavy atom. The van der Waals surface area contributed by atoms with Gasteiger partial charge in [0.05, 0.1) is 9.85 Å². The maximum Gasteiger partial charge on any atom is 0.406 e. The summed E-state index contributed by atoms with van der Waals surface area (Å²) in [6.45, 7) is 0.